The maximum Gasteiger partial charge on any atom is 0.329 e. The Bertz CT molecular complexity index is 1040. The van der Waals surface area contributed by atoms with Gasteiger partial charge in [0.1, 0.15) is 11.7 Å². The van der Waals surface area contributed by atoms with Crippen LogP contribution in [0.5, 0.6) is 0 Å². The largest absolute Gasteiger partial charge is 0.454 e. The number of rotatable bonds is 6. The molecule has 0 aromatic heterocycles. The lowest BCUT2D eigenvalue weighted by molar-refractivity contribution is -0.384. The summed E-state index contributed by atoms with van der Waals surface area (Å²) in [5, 5.41) is 13.5. The summed E-state index contributed by atoms with van der Waals surface area (Å²) < 4.78 is 4.92. The number of carbonyl (C=O) groups is 4. The van der Waals surface area contributed by atoms with E-state index in [2.05, 4.69) is 5.32 Å². The molecule has 0 bridgehead atoms. The van der Waals surface area contributed by atoms with Crippen molar-refractivity contribution in [2.24, 2.45) is 0 Å². The highest BCUT2D eigenvalue weighted by Crippen LogP contribution is 2.28. The Labute approximate surface area is 170 Å². The molecule has 30 heavy (non-hydrogen) atoms. The third kappa shape index (κ3) is 3.75. The van der Waals surface area contributed by atoms with Gasteiger partial charge in [0.2, 0.25) is 0 Å². The van der Waals surface area contributed by atoms with E-state index in [-0.39, 0.29) is 22.5 Å². The summed E-state index contributed by atoms with van der Waals surface area (Å²) >= 11 is 0. The summed E-state index contributed by atoms with van der Waals surface area (Å²) in [6, 6.07) is 9.21. The van der Waals surface area contributed by atoms with Crippen molar-refractivity contribution < 1.29 is 28.8 Å². The van der Waals surface area contributed by atoms with Crippen LogP contribution in [0.15, 0.2) is 42.5 Å². The topological polar surface area (TPSA) is 136 Å². The van der Waals surface area contributed by atoms with Crippen LogP contribution in [0.2, 0.25) is 0 Å². The molecule has 0 saturated heterocycles. The summed E-state index contributed by atoms with van der Waals surface area (Å²) in [5.74, 6) is -3.01. The minimum Gasteiger partial charge on any atom is -0.454 e. The molecule has 1 aliphatic rings. The quantitative estimate of drug-likeness (QED) is 0.333. The number of hydrogen-bond acceptors (Lipinski definition) is 7. The summed E-state index contributed by atoms with van der Waals surface area (Å²) in [7, 11) is 0. The number of amides is 3. The molecular formula is C20H17N3O7. The summed E-state index contributed by atoms with van der Waals surface area (Å²) in [4.78, 5) is 60.5. The molecule has 2 aromatic carbocycles. The predicted octanol–water partition coefficient (Wildman–Crippen LogP) is 2.07. The Morgan fingerprint density at radius 1 is 1.10 bits per heavy atom. The van der Waals surface area contributed by atoms with Gasteiger partial charge in [-0.15, -0.1) is 0 Å². The van der Waals surface area contributed by atoms with E-state index in [0.717, 1.165) is 4.90 Å². The monoisotopic (exact) mass is 411 g/mol. The molecule has 2 aromatic rings. The second kappa shape index (κ2) is 8.11. The standard InChI is InChI=1S/C20H17N3O7/c1-11-6-5-9-15(23(28)29)17(11)21-16(24)10-30-20(27)12(2)22-18(25)13-7-3-4-8-14(13)19(22)26/h3-9,12H,10H2,1-2H3,(H,21,24)/t12-/m1/s1. The minimum absolute atomic E-state index is 0.00283. The van der Waals surface area contributed by atoms with E-state index in [4.69, 9.17) is 4.74 Å². The van der Waals surface area contributed by atoms with E-state index in [1.54, 1.807) is 25.1 Å². The van der Waals surface area contributed by atoms with E-state index >= 15 is 0 Å². The van der Waals surface area contributed by atoms with Gasteiger partial charge in [0.15, 0.2) is 6.61 Å². The fraction of sp³-hybridized carbons (Fsp3) is 0.200. The number of carbonyl (C=O) groups excluding carboxylic acids is 4. The molecular weight excluding hydrogens is 394 g/mol. The number of nitro groups is 1. The van der Waals surface area contributed by atoms with E-state index in [9.17, 15) is 29.3 Å². The Kier molecular flexibility index (Phi) is 5.58. The molecule has 1 aliphatic heterocycles. The molecule has 10 nitrogen and oxygen atoms in total. The van der Waals surface area contributed by atoms with Gasteiger partial charge in [-0.1, -0.05) is 24.3 Å². The fourth-order valence-electron chi connectivity index (χ4n) is 3.06. The second-order valence-electron chi connectivity index (χ2n) is 6.58. The number of benzene rings is 2. The molecule has 0 radical (unpaired) electrons. The number of nitro benzene ring substituents is 1. The van der Waals surface area contributed by atoms with Crippen molar-refractivity contribution >= 4 is 35.1 Å². The number of fused-ring (bicyclic) bond motifs is 1. The number of hydrogen-bond donors (Lipinski definition) is 1. The number of imide groups is 1. The first kappa shape index (κ1) is 20.6. The van der Waals surface area contributed by atoms with E-state index in [1.807, 2.05) is 0 Å². The van der Waals surface area contributed by atoms with Crippen molar-refractivity contribution in [3.8, 4) is 0 Å². The van der Waals surface area contributed by atoms with Crippen molar-refractivity contribution in [2.45, 2.75) is 19.9 Å². The van der Waals surface area contributed by atoms with Crippen LogP contribution in [0, 0.1) is 17.0 Å². The molecule has 10 heteroatoms. The summed E-state index contributed by atoms with van der Waals surface area (Å²) in [5.41, 5.74) is 0.535. The average molecular weight is 411 g/mol. The number of ether oxygens (including phenoxy) is 1. The van der Waals surface area contributed by atoms with Crippen molar-refractivity contribution in [3.63, 3.8) is 0 Å². The van der Waals surface area contributed by atoms with Crippen molar-refractivity contribution in [2.75, 3.05) is 11.9 Å². The SMILES string of the molecule is Cc1cccc([N+](=O)[O-])c1NC(=O)COC(=O)[C@@H](C)N1C(=O)c2ccccc2C1=O. The van der Waals surface area contributed by atoms with E-state index in [0.29, 0.717) is 5.56 Å². The van der Waals surface area contributed by atoms with Crippen LogP contribution >= 0.6 is 0 Å². The number of anilines is 1. The van der Waals surface area contributed by atoms with Crippen LogP contribution in [0.25, 0.3) is 0 Å². The molecule has 0 aliphatic carbocycles. The van der Waals surface area contributed by atoms with Gasteiger partial charge < -0.3 is 10.1 Å². The zero-order chi connectivity index (χ0) is 22.0. The van der Waals surface area contributed by atoms with Crippen LogP contribution in [-0.4, -0.2) is 46.2 Å². The van der Waals surface area contributed by atoms with Crippen LogP contribution in [0.4, 0.5) is 11.4 Å². The number of aryl methyl sites for hydroxylation is 1. The normalized spacial score (nSPS) is 13.6. The van der Waals surface area contributed by atoms with E-state index in [1.165, 1.54) is 31.2 Å². The Morgan fingerprint density at radius 3 is 2.27 bits per heavy atom. The first-order valence-electron chi connectivity index (χ1n) is 8.89. The van der Waals surface area contributed by atoms with Crippen LogP contribution in [-0.2, 0) is 14.3 Å². The highest BCUT2D eigenvalue weighted by molar-refractivity contribution is 6.22. The number of esters is 1. The third-order valence-corrected chi connectivity index (χ3v) is 4.61. The maximum absolute atomic E-state index is 12.4. The summed E-state index contributed by atoms with van der Waals surface area (Å²) in [6.07, 6.45) is 0. The Hall–Kier alpha value is -4.08. The van der Waals surface area contributed by atoms with Gasteiger partial charge in [0.25, 0.3) is 23.4 Å². The highest BCUT2D eigenvalue weighted by Gasteiger charge is 2.41. The third-order valence-electron chi connectivity index (χ3n) is 4.61. The van der Waals surface area contributed by atoms with Gasteiger partial charge >= 0.3 is 5.97 Å². The van der Waals surface area contributed by atoms with Gasteiger partial charge in [-0.05, 0) is 31.5 Å². The molecule has 1 heterocycles. The predicted molar refractivity (Wildman–Crippen MR) is 104 cm³/mol. The highest BCUT2D eigenvalue weighted by atomic mass is 16.6. The second-order valence-corrected chi connectivity index (χ2v) is 6.58. The first-order valence-corrected chi connectivity index (χ1v) is 8.89. The molecule has 1 atom stereocenters. The van der Waals surface area contributed by atoms with Gasteiger partial charge in [0.05, 0.1) is 16.1 Å². The molecule has 154 valence electrons. The van der Waals surface area contributed by atoms with Crippen molar-refractivity contribution in [3.05, 3.63) is 69.3 Å². The first-order chi connectivity index (χ1) is 14.2. The van der Waals surface area contributed by atoms with Crippen molar-refractivity contribution in [1.29, 1.82) is 0 Å². The molecule has 0 unspecified atom stereocenters. The molecule has 0 spiro atoms. The number of nitrogens with one attached hydrogen (secondary N) is 1. The van der Waals surface area contributed by atoms with Gasteiger partial charge in [-0.25, -0.2) is 4.79 Å². The van der Waals surface area contributed by atoms with Crippen molar-refractivity contribution in [1.82, 2.24) is 4.90 Å². The molecule has 1 N–H and O–H groups in total. The van der Waals surface area contributed by atoms with E-state index < -0.39 is 41.3 Å². The minimum atomic E-state index is -1.25. The zero-order valence-corrected chi connectivity index (χ0v) is 16.1. The zero-order valence-electron chi connectivity index (χ0n) is 16.1. The van der Waals surface area contributed by atoms with Gasteiger partial charge in [0, 0.05) is 6.07 Å². The summed E-state index contributed by atoms with van der Waals surface area (Å²) in [6.45, 7) is 2.16. The van der Waals surface area contributed by atoms with Crippen LogP contribution in [0.1, 0.15) is 33.2 Å². The molecule has 3 amide bonds. The van der Waals surface area contributed by atoms with Crippen LogP contribution < -0.4 is 5.32 Å². The van der Waals surface area contributed by atoms with Gasteiger partial charge in [-0.3, -0.25) is 29.4 Å². The molecule has 0 saturated carbocycles. The lowest BCUT2D eigenvalue weighted by Gasteiger charge is -2.20. The number of para-hydroxylation sites is 1. The van der Waals surface area contributed by atoms with Crippen LogP contribution in [0.3, 0.4) is 0 Å². The Morgan fingerprint density at radius 2 is 1.70 bits per heavy atom. The smallest absolute Gasteiger partial charge is 0.329 e. The fourth-order valence-corrected chi connectivity index (χ4v) is 3.06. The molecule has 3 rings (SSSR count). The number of nitrogens with zero attached hydrogens (tertiary/aromatic N) is 2. The Balaban J connectivity index is 1.64. The molecule has 0 fully saturated rings. The maximum atomic E-state index is 12.4. The average Bonchev–Trinajstić information content (AvgIpc) is 2.97. The lowest BCUT2D eigenvalue weighted by atomic mass is 10.1. The lowest BCUT2D eigenvalue weighted by Crippen LogP contribution is -2.44. The van der Waals surface area contributed by atoms with Gasteiger partial charge in [-0.2, -0.15) is 0 Å².